The summed E-state index contributed by atoms with van der Waals surface area (Å²) >= 11 is 7.46. The highest BCUT2D eigenvalue weighted by Crippen LogP contribution is 2.26. The number of pyridine rings is 1. The first kappa shape index (κ1) is 21.6. The van der Waals surface area contributed by atoms with Gasteiger partial charge in [-0.1, -0.05) is 23.7 Å². The van der Waals surface area contributed by atoms with Gasteiger partial charge in [-0.25, -0.2) is 9.78 Å². The van der Waals surface area contributed by atoms with Crippen LogP contribution in [0, 0.1) is 0 Å². The number of nitrogens with zero attached hydrogens (tertiary/aromatic N) is 3. The van der Waals surface area contributed by atoms with Crippen molar-refractivity contribution in [3.05, 3.63) is 58.7 Å². The van der Waals surface area contributed by atoms with E-state index in [0.717, 1.165) is 10.6 Å². The third-order valence-electron chi connectivity index (χ3n) is 4.86. The zero-order valence-corrected chi connectivity index (χ0v) is 18.1. The van der Waals surface area contributed by atoms with E-state index < -0.39 is 6.04 Å². The summed E-state index contributed by atoms with van der Waals surface area (Å²) in [6.45, 7) is 4.33. The van der Waals surface area contributed by atoms with Crippen molar-refractivity contribution in [3.8, 4) is 0 Å². The van der Waals surface area contributed by atoms with Gasteiger partial charge in [0.05, 0.1) is 12.2 Å². The number of piperazine rings is 1. The van der Waals surface area contributed by atoms with Crippen molar-refractivity contribution < 1.29 is 14.3 Å². The predicted octanol–water partition coefficient (Wildman–Crippen LogP) is 3.52. The molecule has 3 rings (SSSR count). The highest BCUT2D eigenvalue weighted by atomic mass is 35.5. The number of carbonyl (C=O) groups excluding carboxylic acids is 2. The fraction of sp³-hybridized carbons (Fsp3) is 0.381. The van der Waals surface area contributed by atoms with Gasteiger partial charge in [-0.15, -0.1) is 11.8 Å². The normalized spacial score (nSPS) is 15.8. The molecule has 1 aliphatic heterocycles. The molecule has 1 amide bonds. The molecule has 0 saturated carbocycles. The lowest BCUT2D eigenvalue weighted by molar-refractivity contribution is -0.150. The van der Waals surface area contributed by atoms with Gasteiger partial charge in [0.2, 0.25) is 0 Å². The summed E-state index contributed by atoms with van der Waals surface area (Å²) < 4.78 is 5.31. The van der Waals surface area contributed by atoms with Crippen LogP contribution in [-0.2, 0) is 9.53 Å². The minimum atomic E-state index is -0.510. The van der Waals surface area contributed by atoms with Crippen LogP contribution in [0.3, 0.4) is 0 Å². The smallest absolute Gasteiger partial charge is 0.328 e. The molecule has 1 atom stereocenters. The maximum atomic E-state index is 12.9. The molecule has 8 heteroatoms. The maximum absolute atomic E-state index is 12.9. The largest absolute Gasteiger partial charge is 0.465 e. The lowest BCUT2D eigenvalue weighted by atomic mass is 10.0. The van der Waals surface area contributed by atoms with Gasteiger partial charge in [0.25, 0.3) is 5.91 Å². The Morgan fingerprint density at radius 2 is 1.86 bits per heavy atom. The highest BCUT2D eigenvalue weighted by molar-refractivity contribution is 7.98. The van der Waals surface area contributed by atoms with Crippen molar-refractivity contribution >= 4 is 35.2 Å². The molecule has 2 aromatic rings. The quantitative estimate of drug-likeness (QED) is 0.513. The average molecular weight is 434 g/mol. The molecular formula is C21H24ClN3O3S. The minimum absolute atomic E-state index is 0.0266. The van der Waals surface area contributed by atoms with Gasteiger partial charge in [0, 0.05) is 37.4 Å². The molecule has 0 aliphatic carbocycles. The zero-order chi connectivity index (χ0) is 20.8. The van der Waals surface area contributed by atoms with E-state index in [9.17, 15) is 9.59 Å². The van der Waals surface area contributed by atoms with Crippen LogP contribution in [-0.4, -0.2) is 65.7 Å². The molecule has 154 valence electrons. The number of ether oxygens (including phenoxy) is 1. The van der Waals surface area contributed by atoms with E-state index >= 15 is 0 Å². The molecule has 1 fully saturated rings. The number of amides is 1. The van der Waals surface area contributed by atoms with Crippen LogP contribution in [0.25, 0.3) is 0 Å². The summed E-state index contributed by atoms with van der Waals surface area (Å²) in [5.74, 6) is -0.312. The molecule has 0 spiro atoms. The lowest BCUT2D eigenvalue weighted by Gasteiger charge is -2.38. The van der Waals surface area contributed by atoms with Crippen LogP contribution < -0.4 is 0 Å². The Hall–Kier alpha value is -2.09. The maximum Gasteiger partial charge on any atom is 0.328 e. The first-order chi connectivity index (χ1) is 14.0. The second-order valence-corrected chi connectivity index (χ2v) is 7.83. The third kappa shape index (κ3) is 5.10. The van der Waals surface area contributed by atoms with Gasteiger partial charge in [-0.3, -0.25) is 9.69 Å². The summed E-state index contributed by atoms with van der Waals surface area (Å²) in [6.07, 6.45) is 3.60. The molecule has 1 aliphatic rings. The van der Waals surface area contributed by atoms with Crippen molar-refractivity contribution in [1.29, 1.82) is 0 Å². The van der Waals surface area contributed by atoms with Crippen LogP contribution in [0.1, 0.15) is 28.9 Å². The molecule has 0 unspecified atom stereocenters. The Bertz CT molecular complexity index is 855. The fourth-order valence-corrected chi connectivity index (χ4v) is 4.10. The Balaban J connectivity index is 1.73. The number of hydrogen-bond donors (Lipinski definition) is 0. The first-order valence-corrected chi connectivity index (χ1v) is 11.1. The summed E-state index contributed by atoms with van der Waals surface area (Å²) in [4.78, 5) is 33.8. The van der Waals surface area contributed by atoms with E-state index in [1.807, 2.05) is 29.4 Å². The molecule has 0 radical (unpaired) electrons. The summed E-state index contributed by atoms with van der Waals surface area (Å²) in [7, 11) is 0. The Morgan fingerprint density at radius 3 is 2.48 bits per heavy atom. The third-order valence-corrected chi connectivity index (χ3v) is 5.82. The molecule has 29 heavy (non-hydrogen) atoms. The van der Waals surface area contributed by atoms with Crippen molar-refractivity contribution in [2.24, 2.45) is 0 Å². The van der Waals surface area contributed by atoms with Gasteiger partial charge < -0.3 is 9.64 Å². The fourth-order valence-electron chi connectivity index (χ4n) is 3.43. The molecule has 1 aromatic carbocycles. The zero-order valence-electron chi connectivity index (χ0n) is 16.5. The summed E-state index contributed by atoms with van der Waals surface area (Å²) in [6, 6.07) is 10.3. The SMILES string of the molecule is CCOC(=O)[C@H](c1ccc(Cl)cc1)N1CCN(C(=O)c2cccnc2SC)CC1. The van der Waals surface area contributed by atoms with Gasteiger partial charge in [-0.2, -0.15) is 0 Å². The number of thioether (sulfide) groups is 1. The monoisotopic (exact) mass is 433 g/mol. The molecule has 2 heterocycles. The van der Waals surface area contributed by atoms with E-state index in [4.69, 9.17) is 16.3 Å². The number of hydrogen-bond acceptors (Lipinski definition) is 6. The number of carbonyl (C=O) groups is 2. The molecular weight excluding hydrogens is 410 g/mol. The van der Waals surface area contributed by atoms with Crippen molar-refractivity contribution in [3.63, 3.8) is 0 Å². The number of esters is 1. The van der Waals surface area contributed by atoms with E-state index in [1.165, 1.54) is 11.8 Å². The Morgan fingerprint density at radius 1 is 1.17 bits per heavy atom. The molecule has 0 bridgehead atoms. The van der Waals surface area contributed by atoms with E-state index in [0.29, 0.717) is 43.4 Å². The van der Waals surface area contributed by atoms with Crippen molar-refractivity contribution in [2.45, 2.75) is 18.0 Å². The number of benzene rings is 1. The molecule has 0 N–H and O–H groups in total. The van der Waals surface area contributed by atoms with Crippen LogP contribution in [0.2, 0.25) is 5.02 Å². The highest BCUT2D eigenvalue weighted by Gasteiger charge is 2.33. The van der Waals surface area contributed by atoms with Crippen LogP contribution in [0.4, 0.5) is 0 Å². The van der Waals surface area contributed by atoms with E-state index in [1.54, 1.807) is 31.3 Å². The topological polar surface area (TPSA) is 62.7 Å². The van der Waals surface area contributed by atoms with Crippen LogP contribution in [0.5, 0.6) is 0 Å². The predicted molar refractivity (Wildman–Crippen MR) is 114 cm³/mol. The second kappa shape index (κ2) is 10.1. The van der Waals surface area contributed by atoms with Crippen LogP contribution in [0.15, 0.2) is 47.6 Å². The second-order valence-electron chi connectivity index (χ2n) is 6.59. The Labute approximate surface area is 180 Å². The molecule has 1 aromatic heterocycles. The standard InChI is InChI=1S/C21H24ClN3O3S/c1-3-28-21(27)18(15-6-8-16(22)9-7-15)24-11-13-25(14-12-24)20(26)17-5-4-10-23-19(17)29-2/h4-10,18H,3,11-14H2,1-2H3/t18-/m0/s1. The van der Waals surface area contributed by atoms with Gasteiger partial charge in [-0.05, 0) is 43.0 Å². The number of rotatable bonds is 6. The van der Waals surface area contributed by atoms with Crippen molar-refractivity contribution in [2.75, 3.05) is 39.0 Å². The van der Waals surface area contributed by atoms with Gasteiger partial charge >= 0.3 is 5.97 Å². The molecule has 6 nitrogen and oxygen atoms in total. The number of halogens is 1. The Kier molecular flexibility index (Phi) is 7.52. The van der Waals surface area contributed by atoms with E-state index in [-0.39, 0.29) is 11.9 Å². The summed E-state index contributed by atoms with van der Waals surface area (Å²) in [5, 5.41) is 1.35. The minimum Gasteiger partial charge on any atom is -0.465 e. The summed E-state index contributed by atoms with van der Waals surface area (Å²) in [5.41, 5.74) is 1.46. The van der Waals surface area contributed by atoms with Crippen molar-refractivity contribution in [1.82, 2.24) is 14.8 Å². The van der Waals surface area contributed by atoms with Gasteiger partial charge in [0.1, 0.15) is 11.1 Å². The first-order valence-electron chi connectivity index (χ1n) is 9.49. The van der Waals surface area contributed by atoms with Crippen LogP contribution >= 0.6 is 23.4 Å². The molecule has 1 saturated heterocycles. The van der Waals surface area contributed by atoms with E-state index in [2.05, 4.69) is 9.88 Å². The lowest BCUT2D eigenvalue weighted by Crippen LogP contribution is -2.51. The number of aromatic nitrogens is 1. The average Bonchev–Trinajstić information content (AvgIpc) is 2.75. The van der Waals surface area contributed by atoms with Gasteiger partial charge in [0.15, 0.2) is 0 Å².